The number of carbonyl (C=O) groups is 1. The SMILES string of the molecule is CCOC(=O)c1[nH]c2cc3[nH]c4ccc(O)cc4c3c(C)c2c1C. The lowest BCUT2D eigenvalue weighted by Gasteiger charge is -2.03. The highest BCUT2D eigenvalue weighted by atomic mass is 16.5. The third kappa shape index (κ3) is 1.91. The number of hydrogen-bond donors (Lipinski definition) is 3. The van der Waals surface area contributed by atoms with E-state index in [1.165, 1.54) is 0 Å². The molecule has 0 aliphatic rings. The third-order valence-electron chi connectivity index (χ3n) is 4.61. The smallest absolute Gasteiger partial charge is 0.355 e. The van der Waals surface area contributed by atoms with Crippen LogP contribution in [0.2, 0.25) is 0 Å². The molecule has 0 radical (unpaired) electrons. The number of phenols is 1. The van der Waals surface area contributed by atoms with Crippen LogP contribution in [0.3, 0.4) is 0 Å². The van der Waals surface area contributed by atoms with Gasteiger partial charge in [0.1, 0.15) is 11.4 Å². The predicted molar refractivity (Wildman–Crippen MR) is 94.8 cm³/mol. The van der Waals surface area contributed by atoms with Crippen molar-refractivity contribution in [3.8, 4) is 5.75 Å². The Hall–Kier alpha value is -2.95. The third-order valence-corrected chi connectivity index (χ3v) is 4.61. The fraction of sp³-hybridized carbons (Fsp3) is 0.211. The zero-order valence-corrected chi connectivity index (χ0v) is 13.8. The molecule has 0 bridgehead atoms. The minimum Gasteiger partial charge on any atom is -0.508 e. The summed E-state index contributed by atoms with van der Waals surface area (Å²) in [5, 5.41) is 12.9. The molecule has 0 atom stereocenters. The zero-order chi connectivity index (χ0) is 17.0. The van der Waals surface area contributed by atoms with Crippen molar-refractivity contribution in [3.05, 3.63) is 41.1 Å². The van der Waals surface area contributed by atoms with Gasteiger partial charge in [-0.05, 0) is 56.2 Å². The maximum Gasteiger partial charge on any atom is 0.355 e. The molecule has 0 saturated heterocycles. The number of aryl methyl sites for hydroxylation is 2. The number of aromatic hydroxyl groups is 1. The molecule has 0 aliphatic heterocycles. The largest absolute Gasteiger partial charge is 0.508 e. The summed E-state index contributed by atoms with van der Waals surface area (Å²) in [6.45, 7) is 6.11. The van der Waals surface area contributed by atoms with Crippen LogP contribution >= 0.6 is 0 Å². The number of carbonyl (C=O) groups excluding carboxylic acids is 1. The van der Waals surface area contributed by atoms with Crippen LogP contribution in [0.1, 0.15) is 28.5 Å². The van der Waals surface area contributed by atoms with Gasteiger partial charge in [-0.1, -0.05) is 0 Å². The Kier molecular flexibility index (Phi) is 3.06. The molecule has 5 heteroatoms. The van der Waals surface area contributed by atoms with Crippen LogP contribution < -0.4 is 0 Å². The summed E-state index contributed by atoms with van der Waals surface area (Å²) >= 11 is 0. The van der Waals surface area contributed by atoms with Crippen LogP contribution in [0.4, 0.5) is 0 Å². The van der Waals surface area contributed by atoms with Crippen molar-refractivity contribution in [1.82, 2.24) is 9.97 Å². The minimum absolute atomic E-state index is 0.237. The van der Waals surface area contributed by atoms with E-state index in [4.69, 9.17) is 4.74 Å². The Bertz CT molecular complexity index is 1120. The molecule has 2 aromatic carbocycles. The van der Waals surface area contributed by atoms with Gasteiger partial charge in [-0.2, -0.15) is 0 Å². The van der Waals surface area contributed by atoms with Crippen LogP contribution in [0, 0.1) is 13.8 Å². The van der Waals surface area contributed by atoms with Crippen LogP contribution in [-0.4, -0.2) is 27.7 Å². The lowest BCUT2D eigenvalue weighted by Crippen LogP contribution is -2.06. The van der Waals surface area contributed by atoms with Crippen molar-refractivity contribution < 1.29 is 14.6 Å². The lowest BCUT2D eigenvalue weighted by molar-refractivity contribution is 0.0520. The number of aromatic amines is 2. The first-order valence-corrected chi connectivity index (χ1v) is 7.94. The van der Waals surface area contributed by atoms with E-state index in [-0.39, 0.29) is 11.7 Å². The molecule has 24 heavy (non-hydrogen) atoms. The van der Waals surface area contributed by atoms with Gasteiger partial charge in [-0.15, -0.1) is 0 Å². The topological polar surface area (TPSA) is 78.1 Å². The van der Waals surface area contributed by atoms with Crippen LogP contribution in [0.15, 0.2) is 24.3 Å². The number of benzene rings is 2. The molecule has 0 saturated carbocycles. The van der Waals surface area contributed by atoms with Crippen LogP contribution in [-0.2, 0) is 4.74 Å². The average Bonchev–Trinajstić information content (AvgIpc) is 3.05. The van der Waals surface area contributed by atoms with Gasteiger partial charge in [0.2, 0.25) is 0 Å². The van der Waals surface area contributed by atoms with E-state index in [1.54, 1.807) is 19.1 Å². The number of fused-ring (bicyclic) bond motifs is 4. The number of H-pyrrole nitrogens is 2. The number of aromatic nitrogens is 2. The number of ether oxygens (including phenoxy) is 1. The molecule has 4 aromatic rings. The summed E-state index contributed by atoms with van der Waals surface area (Å²) in [6, 6.07) is 7.31. The van der Waals surface area contributed by atoms with E-state index in [0.29, 0.717) is 12.3 Å². The number of phenolic OH excluding ortho intramolecular Hbond substituents is 1. The second-order valence-corrected chi connectivity index (χ2v) is 6.05. The van der Waals surface area contributed by atoms with Gasteiger partial charge in [0.25, 0.3) is 0 Å². The first-order chi connectivity index (χ1) is 11.5. The Morgan fingerprint density at radius 2 is 1.79 bits per heavy atom. The van der Waals surface area contributed by atoms with Gasteiger partial charge in [0, 0.05) is 32.7 Å². The summed E-state index contributed by atoms with van der Waals surface area (Å²) in [5.74, 6) is -0.0994. The molecule has 2 aromatic heterocycles. The van der Waals surface area contributed by atoms with Crippen molar-refractivity contribution in [2.24, 2.45) is 0 Å². The summed E-state index contributed by atoms with van der Waals surface area (Å²) in [5.41, 5.74) is 5.30. The predicted octanol–water partition coefficient (Wildman–Crippen LogP) is 4.30. The van der Waals surface area contributed by atoms with Gasteiger partial charge in [-0.25, -0.2) is 4.79 Å². The Balaban J connectivity index is 2.09. The minimum atomic E-state index is -0.336. The highest BCUT2D eigenvalue weighted by Gasteiger charge is 2.19. The van der Waals surface area contributed by atoms with Crippen molar-refractivity contribution in [3.63, 3.8) is 0 Å². The summed E-state index contributed by atoms with van der Waals surface area (Å²) in [4.78, 5) is 18.7. The highest BCUT2D eigenvalue weighted by molar-refractivity contribution is 6.16. The summed E-state index contributed by atoms with van der Waals surface area (Å²) in [7, 11) is 0. The summed E-state index contributed by atoms with van der Waals surface area (Å²) < 4.78 is 5.13. The zero-order valence-electron chi connectivity index (χ0n) is 13.8. The number of nitrogens with one attached hydrogen (secondary N) is 2. The molecule has 0 unspecified atom stereocenters. The molecule has 0 aliphatic carbocycles. The van der Waals surface area contributed by atoms with Crippen molar-refractivity contribution >= 4 is 38.7 Å². The van der Waals surface area contributed by atoms with Gasteiger partial charge in [0.05, 0.1) is 6.61 Å². The molecule has 0 amide bonds. The quantitative estimate of drug-likeness (QED) is 0.481. The molecular formula is C19H18N2O3. The lowest BCUT2D eigenvalue weighted by atomic mass is 10.0. The normalized spacial score (nSPS) is 11.6. The molecule has 2 heterocycles. The van der Waals surface area contributed by atoms with Crippen molar-refractivity contribution in [2.45, 2.75) is 20.8 Å². The van der Waals surface area contributed by atoms with E-state index in [9.17, 15) is 9.90 Å². The molecule has 0 fully saturated rings. The van der Waals surface area contributed by atoms with Gasteiger partial charge < -0.3 is 19.8 Å². The van der Waals surface area contributed by atoms with Gasteiger partial charge in [-0.3, -0.25) is 0 Å². The maximum atomic E-state index is 12.1. The van der Waals surface area contributed by atoms with E-state index in [1.807, 2.05) is 26.0 Å². The molecule has 4 rings (SSSR count). The van der Waals surface area contributed by atoms with E-state index in [0.717, 1.165) is 43.8 Å². The molecule has 3 N–H and O–H groups in total. The maximum absolute atomic E-state index is 12.1. The first-order valence-electron chi connectivity index (χ1n) is 7.94. The highest BCUT2D eigenvalue weighted by Crippen LogP contribution is 2.36. The van der Waals surface area contributed by atoms with E-state index in [2.05, 4.69) is 9.97 Å². The fourth-order valence-corrected chi connectivity index (χ4v) is 3.60. The number of esters is 1. The first kappa shape index (κ1) is 14.6. The molecule has 5 nitrogen and oxygen atoms in total. The van der Waals surface area contributed by atoms with Gasteiger partial charge >= 0.3 is 5.97 Å². The fourth-order valence-electron chi connectivity index (χ4n) is 3.60. The Morgan fingerprint density at radius 1 is 1.04 bits per heavy atom. The van der Waals surface area contributed by atoms with Gasteiger partial charge in [0.15, 0.2) is 0 Å². The molecular weight excluding hydrogens is 304 g/mol. The van der Waals surface area contributed by atoms with Crippen molar-refractivity contribution in [2.75, 3.05) is 6.61 Å². The summed E-state index contributed by atoms with van der Waals surface area (Å²) in [6.07, 6.45) is 0. The van der Waals surface area contributed by atoms with Crippen LogP contribution in [0.25, 0.3) is 32.7 Å². The number of hydrogen-bond acceptors (Lipinski definition) is 3. The monoisotopic (exact) mass is 322 g/mol. The van der Waals surface area contributed by atoms with Crippen molar-refractivity contribution in [1.29, 1.82) is 0 Å². The molecule has 0 spiro atoms. The second-order valence-electron chi connectivity index (χ2n) is 6.05. The standard InChI is InChI=1S/C19H18N2O3/c1-4-24-19(23)18-10(3)16-9(2)17-12-7-11(22)5-6-13(12)20-15(17)8-14(16)21-18/h5-8,20-22H,4H2,1-3H3. The van der Waals surface area contributed by atoms with Crippen LogP contribution in [0.5, 0.6) is 5.75 Å². The van der Waals surface area contributed by atoms with E-state index >= 15 is 0 Å². The number of rotatable bonds is 2. The average molecular weight is 322 g/mol. The van der Waals surface area contributed by atoms with E-state index < -0.39 is 0 Å². The Morgan fingerprint density at radius 3 is 2.54 bits per heavy atom. The molecule has 122 valence electrons. The Labute approximate surface area is 138 Å². The second kappa shape index (κ2) is 5.03.